The van der Waals surface area contributed by atoms with Crippen LogP contribution in [0, 0.1) is 0 Å². The van der Waals surface area contributed by atoms with E-state index in [1.54, 1.807) is 0 Å². The SMILES string of the molecule is [NH3+]C1(C(Cl)(Cl)Cl)OCCO1. The largest absolute Gasteiger partial charge is 0.364 e. The fourth-order valence-electron chi connectivity index (χ4n) is 0.618. The molecule has 0 spiro atoms. The fourth-order valence-corrected chi connectivity index (χ4v) is 0.946. The minimum Gasteiger partial charge on any atom is -0.301 e. The van der Waals surface area contributed by atoms with E-state index in [-0.39, 0.29) is 0 Å². The molecular weight excluding hydrogens is 200 g/mol. The van der Waals surface area contributed by atoms with Gasteiger partial charge in [-0.25, -0.2) is 0 Å². The molecular formula is C4H7Cl3NO2+. The van der Waals surface area contributed by atoms with E-state index in [0.29, 0.717) is 13.2 Å². The number of quaternary nitrogens is 1. The molecule has 0 aromatic carbocycles. The van der Waals surface area contributed by atoms with Gasteiger partial charge >= 0.3 is 9.70 Å². The van der Waals surface area contributed by atoms with Gasteiger partial charge in [-0.1, -0.05) is 34.8 Å². The third-order valence-corrected chi connectivity index (χ3v) is 2.05. The van der Waals surface area contributed by atoms with Crippen molar-refractivity contribution < 1.29 is 15.2 Å². The fraction of sp³-hybridized carbons (Fsp3) is 1.00. The maximum Gasteiger partial charge on any atom is 0.364 e. The van der Waals surface area contributed by atoms with E-state index in [1.807, 2.05) is 0 Å². The normalized spacial score (nSPS) is 25.2. The maximum atomic E-state index is 5.50. The Morgan fingerprint density at radius 2 is 1.60 bits per heavy atom. The summed E-state index contributed by atoms with van der Waals surface area (Å²) in [6.45, 7) is 0.828. The summed E-state index contributed by atoms with van der Waals surface area (Å²) in [5, 5.41) is 0. The van der Waals surface area contributed by atoms with Crippen LogP contribution in [0.3, 0.4) is 0 Å². The Labute approximate surface area is 73.3 Å². The number of rotatable bonds is 0. The maximum absolute atomic E-state index is 5.50. The lowest BCUT2D eigenvalue weighted by Gasteiger charge is -2.24. The van der Waals surface area contributed by atoms with Crippen LogP contribution >= 0.6 is 34.8 Å². The van der Waals surface area contributed by atoms with E-state index in [4.69, 9.17) is 44.3 Å². The van der Waals surface area contributed by atoms with Gasteiger partial charge in [0.1, 0.15) is 0 Å². The molecule has 0 saturated carbocycles. The van der Waals surface area contributed by atoms with Gasteiger partial charge in [0, 0.05) is 0 Å². The predicted molar refractivity (Wildman–Crippen MR) is 37.8 cm³/mol. The van der Waals surface area contributed by atoms with Crippen molar-refractivity contribution >= 4 is 34.8 Å². The molecule has 1 rings (SSSR count). The number of hydrogen-bond acceptors (Lipinski definition) is 2. The Hall–Kier alpha value is 0.750. The molecule has 1 aliphatic rings. The Kier molecular flexibility index (Phi) is 2.35. The van der Waals surface area contributed by atoms with Gasteiger partial charge in [0.05, 0.1) is 13.2 Å². The van der Waals surface area contributed by atoms with E-state index in [0.717, 1.165) is 0 Å². The molecule has 1 heterocycles. The first-order chi connectivity index (χ1) is 4.46. The number of halogens is 3. The molecule has 10 heavy (non-hydrogen) atoms. The average Bonchev–Trinajstić information content (AvgIpc) is 2.13. The highest BCUT2D eigenvalue weighted by atomic mass is 35.6. The Morgan fingerprint density at radius 1 is 1.20 bits per heavy atom. The summed E-state index contributed by atoms with van der Waals surface area (Å²) < 4.78 is 8.33. The standard InChI is InChI=1S/C4H6Cl3NO2/c5-3(6,7)4(8)9-1-2-10-4/h1-2,8H2/p+1. The number of hydrogen-bond donors (Lipinski definition) is 1. The van der Waals surface area contributed by atoms with Crippen LogP contribution in [-0.2, 0) is 9.47 Å². The zero-order valence-corrected chi connectivity index (χ0v) is 7.34. The molecule has 3 nitrogen and oxygen atoms in total. The van der Waals surface area contributed by atoms with Crippen molar-refractivity contribution in [2.75, 3.05) is 13.2 Å². The zero-order chi connectivity index (χ0) is 7.83. The topological polar surface area (TPSA) is 46.1 Å². The molecule has 0 atom stereocenters. The Morgan fingerprint density at radius 3 is 1.80 bits per heavy atom. The lowest BCUT2D eigenvalue weighted by molar-refractivity contribution is -0.611. The molecule has 0 aromatic heterocycles. The van der Waals surface area contributed by atoms with Gasteiger partial charge < -0.3 is 5.73 Å². The summed E-state index contributed by atoms with van der Waals surface area (Å²) in [6.07, 6.45) is 0. The molecule has 0 radical (unpaired) electrons. The highest BCUT2D eigenvalue weighted by Crippen LogP contribution is 2.38. The van der Waals surface area contributed by atoms with Gasteiger partial charge in [-0.2, -0.15) is 0 Å². The zero-order valence-electron chi connectivity index (χ0n) is 5.07. The Balaban J connectivity index is 2.67. The number of alkyl halides is 3. The number of ether oxygens (including phenoxy) is 2. The molecule has 0 bridgehead atoms. The van der Waals surface area contributed by atoms with E-state index in [1.165, 1.54) is 0 Å². The van der Waals surface area contributed by atoms with Crippen molar-refractivity contribution in [3.05, 3.63) is 0 Å². The van der Waals surface area contributed by atoms with E-state index in [2.05, 4.69) is 5.73 Å². The third-order valence-electron chi connectivity index (χ3n) is 1.19. The highest BCUT2D eigenvalue weighted by molar-refractivity contribution is 6.68. The molecule has 0 aromatic rings. The van der Waals surface area contributed by atoms with E-state index >= 15 is 0 Å². The van der Waals surface area contributed by atoms with Gasteiger partial charge in [0.2, 0.25) is 0 Å². The smallest absolute Gasteiger partial charge is 0.301 e. The van der Waals surface area contributed by atoms with Gasteiger partial charge in [-0.05, 0) is 0 Å². The van der Waals surface area contributed by atoms with Crippen molar-refractivity contribution in [1.82, 2.24) is 0 Å². The van der Waals surface area contributed by atoms with Gasteiger partial charge in [0.25, 0.3) is 0 Å². The molecule has 1 saturated heterocycles. The van der Waals surface area contributed by atoms with Crippen molar-refractivity contribution in [2.45, 2.75) is 9.70 Å². The van der Waals surface area contributed by atoms with Gasteiger partial charge in [-0.15, -0.1) is 0 Å². The van der Waals surface area contributed by atoms with Gasteiger partial charge in [0.15, 0.2) is 0 Å². The highest BCUT2D eigenvalue weighted by Gasteiger charge is 2.55. The molecule has 0 amide bonds. The molecule has 1 aliphatic heterocycles. The van der Waals surface area contributed by atoms with Crippen molar-refractivity contribution in [2.24, 2.45) is 0 Å². The first-order valence-corrected chi connectivity index (χ1v) is 3.79. The molecule has 0 unspecified atom stereocenters. The quantitative estimate of drug-likeness (QED) is 0.581. The summed E-state index contributed by atoms with van der Waals surface area (Å²) in [4.78, 5) is 0. The van der Waals surface area contributed by atoms with Crippen LogP contribution in [-0.4, -0.2) is 22.9 Å². The summed E-state index contributed by atoms with van der Waals surface area (Å²) >= 11 is 16.5. The summed E-state index contributed by atoms with van der Waals surface area (Å²) in [6, 6.07) is 0. The van der Waals surface area contributed by atoms with Gasteiger partial charge in [-0.3, -0.25) is 9.47 Å². The van der Waals surface area contributed by atoms with Crippen LogP contribution in [0.5, 0.6) is 0 Å². The second-order valence-corrected chi connectivity index (χ2v) is 4.23. The molecule has 6 heteroatoms. The average molecular weight is 207 g/mol. The van der Waals surface area contributed by atoms with Crippen LogP contribution < -0.4 is 5.73 Å². The molecule has 3 N–H and O–H groups in total. The first kappa shape index (κ1) is 8.84. The van der Waals surface area contributed by atoms with E-state index < -0.39 is 9.70 Å². The van der Waals surface area contributed by atoms with Crippen LogP contribution in [0.25, 0.3) is 0 Å². The monoisotopic (exact) mass is 206 g/mol. The van der Waals surface area contributed by atoms with Crippen molar-refractivity contribution in [3.8, 4) is 0 Å². The van der Waals surface area contributed by atoms with Crippen LogP contribution in [0.1, 0.15) is 0 Å². The van der Waals surface area contributed by atoms with Crippen molar-refractivity contribution in [1.29, 1.82) is 0 Å². The molecule has 60 valence electrons. The Bertz CT molecular complexity index is 129. The second kappa shape index (κ2) is 2.66. The lowest BCUT2D eigenvalue weighted by atomic mass is 10.6. The predicted octanol–water partition coefficient (Wildman–Crippen LogP) is 0.299. The van der Waals surface area contributed by atoms with Crippen molar-refractivity contribution in [3.63, 3.8) is 0 Å². The van der Waals surface area contributed by atoms with E-state index in [9.17, 15) is 0 Å². The first-order valence-electron chi connectivity index (χ1n) is 2.66. The summed E-state index contributed by atoms with van der Waals surface area (Å²) in [5.41, 5.74) is 3.50. The van der Waals surface area contributed by atoms with Crippen LogP contribution in [0.2, 0.25) is 0 Å². The lowest BCUT2D eigenvalue weighted by Crippen LogP contribution is -2.79. The summed E-state index contributed by atoms with van der Waals surface area (Å²) in [7, 11) is 0. The molecule has 1 fully saturated rings. The minimum atomic E-state index is -1.62. The third kappa shape index (κ3) is 1.49. The van der Waals surface area contributed by atoms with Crippen LogP contribution in [0.15, 0.2) is 0 Å². The van der Waals surface area contributed by atoms with Crippen LogP contribution in [0.4, 0.5) is 0 Å². The summed E-state index contributed by atoms with van der Waals surface area (Å²) in [5.74, 6) is -1.32. The minimum absolute atomic E-state index is 0.414. The molecule has 0 aliphatic carbocycles. The second-order valence-electron chi connectivity index (χ2n) is 1.95.